The lowest BCUT2D eigenvalue weighted by Gasteiger charge is -2.35. The van der Waals surface area contributed by atoms with E-state index >= 15 is 0 Å². The highest BCUT2D eigenvalue weighted by molar-refractivity contribution is 14.0. The summed E-state index contributed by atoms with van der Waals surface area (Å²) in [7, 11) is 3.74. The molecule has 1 atom stereocenters. The fourth-order valence-electron chi connectivity index (χ4n) is 3.84. The van der Waals surface area contributed by atoms with Crippen LogP contribution in [0.3, 0.4) is 0 Å². The van der Waals surface area contributed by atoms with E-state index in [1.165, 1.54) is 16.0 Å². The highest BCUT2D eigenvalue weighted by Crippen LogP contribution is 2.30. The number of hydrogen-bond acceptors (Lipinski definition) is 4. The van der Waals surface area contributed by atoms with Crippen LogP contribution >= 0.6 is 46.9 Å². The van der Waals surface area contributed by atoms with Crippen LogP contribution in [0.2, 0.25) is 5.02 Å². The zero-order valence-corrected chi connectivity index (χ0v) is 21.6. The Morgan fingerprint density at radius 2 is 2.03 bits per heavy atom. The fraction of sp³-hybridized carbons (Fsp3) is 0.364. The Hall–Kier alpha value is -1.62. The number of nitrogens with one attached hydrogen (secondary N) is 2. The predicted octanol–water partition coefficient (Wildman–Crippen LogP) is 4.22. The number of aliphatic imine (C=N–C) groups is 1. The first-order valence-corrected chi connectivity index (χ1v) is 11.4. The van der Waals surface area contributed by atoms with Gasteiger partial charge in [-0.25, -0.2) is 0 Å². The molecule has 0 spiro atoms. The van der Waals surface area contributed by atoms with Crippen molar-refractivity contribution >= 4 is 52.9 Å². The topological polar surface area (TPSA) is 57.5 Å². The Bertz CT molecular complexity index is 1000. The quantitative estimate of drug-likeness (QED) is 0.265. The van der Waals surface area contributed by atoms with E-state index in [1.54, 1.807) is 13.2 Å². The van der Waals surface area contributed by atoms with Gasteiger partial charge in [-0.2, -0.15) is 5.10 Å². The summed E-state index contributed by atoms with van der Waals surface area (Å²) in [4.78, 5) is 8.45. The van der Waals surface area contributed by atoms with Gasteiger partial charge in [0, 0.05) is 49.8 Å². The number of hydrogen-bond donors (Lipinski definition) is 2. The Morgan fingerprint density at radius 1 is 1.23 bits per heavy atom. The van der Waals surface area contributed by atoms with Gasteiger partial charge in [-0.1, -0.05) is 23.7 Å². The van der Waals surface area contributed by atoms with Crippen molar-refractivity contribution in [2.45, 2.75) is 25.6 Å². The molecule has 9 heteroatoms. The summed E-state index contributed by atoms with van der Waals surface area (Å²) in [5, 5.41) is 14.1. The van der Waals surface area contributed by atoms with Gasteiger partial charge in [0.25, 0.3) is 0 Å². The van der Waals surface area contributed by atoms with Crippen molar-refractivity contribution in [3.8, 4) is 0 Å². The minimum absolute atomic E-state index is 0. The van der Waals surface area contributed by atoms with Crippen molar-refractivity contribution in [3.63, 3.8) is 0 Å². The first-order valence-electron chi connectivity index (χ1n) is 10.1. The van der Waals surface area contributed by atoms with E-state index in [0.717, 1.165) is 42.7 Å². The molecule has 2 aromatic heterocycles. The molecule has 4 rings (SSSR count). The third-order valence-corrected chi connectivity index (χ3v) is 6.85. The zero-order chi connectivity index (χ0) is 20.9. The molecule has 2 N–H and O–H groups in total. The molecule has 0 saturated carbocycles. The van der Waals surface area contributed by atoms with E-state index in [1.807, 2.05) is 41.3 Å². The van der Waals surface area contributed by atoms with Crippen LogP contribution in [-0.4, -0.2) is 40.8 Å². The summed E-state index contributed by atoms with van der Waals surface area (Å²) in [6.07, 6.45) is 2.91. The SMILES string of the molecule is CN=C(NCc1ccnn1C)NCC(c1ccc(Cl)cc1)N1CCc2sccc2C1.I. The van der Waals surface area contributed by atoms with Crippen LogP contribution in [-0.2, 0) is 26.6 Å². The number of benzene rings is 1. The van der Waals surface area contributed by atoms with Crippen molar-refractivity contribution in [1.82, 2.24) is 25.3 Å². The van der Waals surface area contributed by atoms with Crippen LogP contribution in [0.5, 0.6) is 0 Å². The Balaban J connectivity index is 0.00000272. The molecule has 1 aromatic carbocycles. The van der Waals surface area contributed by atoms with Gasteiger partial charge in [-0.15, -0.1) is 35.3 Å². The molecule has 0 saturated heterocycles. The molecule has 6 nitrogen and oxygen atoms in total. The lowest BCUT2D eigenvalue weighted by Crippen LogP contribution is -2.44. The van der Waals surface area contributed by atoms with Crippen LogP contribution in [0.1, 0.15) is 27.7 Å². The van der Waals surface area contributed by atoms with Gasteiger partial charge in [-0.05, 0) is 47.2 Å². The number of nitrogens with zero attached hydrogens (tertiary/aromatic N) is 4. The fourth-order valence-corrected chi connectivity index (χ4v) is 4.86. The number of aromatic nitrogens is 2. The highest BCUT2D eigenvalue weighted by atomic mass is 127. The first-order chi connectivity index (χ1) is 14.6. The first kappa shape index (κ1) is 24.0. The third kappa shape index (κ3) is 6.00. The van der Waals surface area contributed by atoms with E-state index in [9.17, 15) is 0 Å². The van der Waals surface area contributed by atoms with E-state index in [-0.39, 0.29) is 30.0 Å². The molecule has 0 radical (unpaired) electrons. The molecule has 0 fully saturated rings. The normalized spacial score (nSPS) is 15.1. The number of halogens is 2. The number of aryl methyl sites for hydroxylation is 1. The standard InChI is InChI=1S/C22H27ClN6S.HI/c1-24-22(25-13-19-7-10-27-28(19)2)26-14-20(16-3-5-18(23)6-4-16)29-11-8-21-17(15-29)9-12-30-21;/h3-7,9-10,12,20H,8,11,13-15H2,1-2H3,(H2,24,25,26);1H. The summed E-state index contributed by atoms with van der Waals surface area (Å²) in [5.41, 5.74) is 3.81. The number of rotatable bonds is 6. The molecule has 1 aliphatic rings. The van der Waals surface area contributed by atoms with Crippen LogP contribution < -0.4 is 10.6 Å². The van der Waals surface area contributed by atoms with Crippen LogP contribution in [0.15, 0.2) is 53.0 Å². The summed E-state index contributed by atoms with van der Waals surface area (Å²) in [5.74, 6) is 0.781. The van der Waals surface area contributed by atoms with Crippen molar-refractivity contribution in [1.29, 1.82) is 0 Å². The smallest absolute Gasteiger partial charge is 0.191 e. The van der Waals surface area contributed by atoms with Crippen LogP contribution in [0, 0.1) is 0 Å². The molecule has 1 aliphatic heterocycles. The van der Waals surface area contributed by atoms with E-state index in [0.29, 0.717) is 6.54 Å². The molecule has 3 aromatic rings. The van der Waals surface area contributed by atoms with E-state index in [2.05, 4.69) is 49.2 Å². The average Bonchev–Trinajstić information content (AvgIpc) is 3.40. The van der Waals surface area contributed by atoms with Gasteiger partial charge >= 0.3 is 0 Å². The second-order valence-electron chi connectivity index (χ2n) is 7.41. The average molecular weight is 571 g/mol. The van der Waals surface area contributed by atoms with Gasteiger partial charge in [0.15, 0.2) is 5.96 Å². The maximum atomic E-state index is 6.14. The lowest BCUT2D eigenvalue weighted by molar-refractivity contribution is 0.181. The Morgan fingerprint density at radius 3 is 2.74 bits per heavy atom. The lowest BCUT2D eigenvalue weighted by atomic mass is 10.0. The molecule has 3 heterocycles. The minimum atomic E-state index is 0. The molecule has 0 aliphatic carbocycles. The number of fused-ring (bicyclic) bond motifs is 1. The van der Waals surface area contributed by atoms with Gasteiger partial charge in [0.05, 0.1) is 18.3 Å². The minimum Gasteiger partial charge on any atom is -0.354 e. The molecular formula is C22H28ClIN6S. The monoisotopic (exact) mass is 570 g/mol. The van der Waals surface area contributed by atoms with Crippen LogP contribution in [0.25, 0.3) is 0 Å². The van der Waals surface area contributed by atoms with Crippen molar-refractivity contribution in [3.05, 3.63) is 74.7 Å². The Kier molecular flexibility index (Phi) is 8.76. The predicted molar refractivity (Wildman–Crippen MR) is 139 cm³/mol. The molecule has 1 unspecified atom stereocenters. The third-order valence-electron chi connectivity index (χ3n) is 5.58. The number of thiophene rings is 1. The van der Waals surface area contributed by atoms with E-state index in [4.69, 9.17) is 11.6 Å². The largest absolute Gasteiger partial charge is 0.354 e. The van der Waals surface area contributed by atoms with Gasteiger partial charge in [0.1, 0.15) is 0 Å². The highest BCUT2D eigenvalue weighted by Gasteiger charge is 2.25. The second-order valence-corrected chi connectivity index (χ2v) is 8.85. The van der Waals surface area contributed by atoms with E-state index < -0.39 is 0 Å². The molecule has 0 bridgehead atoms. The summed E-state index contributed by atoms with van der Waals surface area (Å²) in [6, 6.07) is 12.7. The molecule has 166 valence electrons. The molecule has 31 heavy (non-hydrogen) atoms. The van der Waals surface area contributed by atoms with Crippen molar-refractivity contribution in [2.24, 2.45) is 12.0 Å². The summed E-state index contributed by atoms with van der Waals surface area (Å²) < 4.78 is 1.86. The number of guanidine groups is 1. The second kappa shape index (κ2) is 11.3. The van der Waals surface area contributed by atoms with Crippen LogP contribution in [0.4, 0.5) is 0 Å². The van der Waals surface area contributed by atoms with Gasteiger partial charge in [0.2, 0.25) is 0 Å². The molecule has 0 amide bonds. The summed E-state index contributed by atoms with van der Waals surface area (Å²) >= 11 is 8.01. The maximum Gasteiger partial charge on any atom is 0.191 e. The van der Waals surface area contributed by atoms with Crippen molar-refractivity contribution < 1.29 is 0 Å². The zero-order valence-electron chi connectivity index (χ0n) is 17.7. The maximum absolute atomic E-state index is 6.14. The summed E-state index contributed by atoms with van der Waals surface area (Å²) in [6.45, 7) is 3.44. The Labute approximate surface area is 209 Å². The van der Waals surface area contributed by atoms with Crippen molar-refractivity contribution in [2.75, 3.05) is 20.1 Å². The van der Waals surface area contributed by atoms with Gasteiger partial charge in [-0.3, -0.25) is 14.6 Å². The van der Waals surface area contributed by atoms with Gasteiger partial charge < -0.3 is 10.6 Å². The molecular weight excluding hydrogens is 543 g/mol.